The predicted molar refractivity (Wildman–Crippen MR) is 104 cm³/mol. The molecule has 2 saturated carbocycles. The molecule has 6 nitrogen and oxygen atoms in total. The van der Waals surface area contributed by atoms with Crippen molar-refractivity contribution in [3.05, 3.63) is 35.9 Å². The quantitative estimate of drug-likeness (QED) is 0.586. The van der Waals surface area contributed by atoms with Gasteiger partial charge >= 0.3 is 0 Å². The highest BCUT2D eigenvalue weighted by Gasteiger charge is 2.92. The maximum atomic E-state index is 10.9. The number of ether oxygens (including phenoxy) is 1. The van der Waals surface area contributed by atoms with Gasteiger partial charge in [0, 0.05) is 19.1 Å². The molecule has 5 atom stereocenters. The molecule has 28 heavy (non-hydrogen) atoms. The number of aliphatic hydroxyl groups is 4. The smallest absolute Gasteiger partial charge is 0.207 e. The van der Waals surface area contributed by atoms with E-state index in [4.69, 9.17) is 4.74 Å². The number of rotatable bonds is 6. The summed E-state index contributed by atoms with van der Waals surface area (Å²) in [5.74, 6) is -1.81. The van der Waals surface area contributed by atoms with E-state index in [0.717, 1.165) is 12.8 Å². The van der Waals surface area contributed by atoms with Gasteiger partial charge < -0.3 is 25.2 Å². The molecule has 1 saturated heterocycles. The predicted octanol–water partition coefficient (Wildman–Crippen LogP) is 1.40. The molecule has 0 aromatic heterocycles. The summed E-state index contributed by atoms with van der Waals surface area (Å²) in [7, 11) is 0. The third kappa shape index (κ3) is 2.85. The number of hydrogen-bond donors (Lipinski definition) is 4. The highest BCUT2D eigenvalue weighted by atomic mass is 16.7. The van der Waals surface area contributed by atoms with Crippen LogP contribution in [0.25, 0.3) is 0 Å². The number of nitrogens with zero attached hydrogens (tertiary/aromatic N) is 1. The SMILES string of the molecule is CC1(C)[C@]2(O)O[C@H]([C@H](O)CN(Cc3ccccc3)C3CCCCC3)[C@H](O)[C@]12O. The fourth-order valence-electron chi connectivity index (χ4n) is 5.37. The maximum absolute atomic E-state index is 10.9. The van der Waals surface area contributed by atoms with Crippen molar-refractivity contribution >= 4 is 0 Å². The monoisotopic (exact) mass is 391 g/mol. The molecule has 1 aromatic carbocycles. The van der Waals surface area contributed by atoms with Gasteiger partial charge in [0.2, 0.25) is 5.79 Å². The van der Waals surface area contributed by atoms with Crippen LogP contribution in [-0.2, 0) is 11.3 Å². The molecule has 0 unspecified atom stereocenters. The Hall–Kier alpha value is -1.02. The summed E-state index contributed by atoms with van der Waals surface area (Å²) in [5, 5.41) is 42.8. The van der Waals surface area contributed by atoms with E-state index < -0.39 is 35.1 Å². The molecule has 1 aliphatic heterocycles. The summed E-state index contributed by atoms with van der Waals surface area (Å²) in [6.45, 7) is 4.35. The minimum Gasteiger partial charge on any atom is -0.389 e. The Bertz CT molecular complexity index is 691. The number of aliphatic hydroxyl groups excluding tert-OH is 2. The van der Waals surface area contributed by atoms with Gasteiger partial charge in [0.15, 0.2) is 5.60 Å². The lowest BCUT2D eigenvalue weighted by Gasteiger charge is -2.38. The minimum absolute atomic E-state index is 0.327. The van der Waals surface area contributed by atoms with E-state index in [1.54, 1.807) is 13.8 Å². The molecule has 2 aliphatic carbocycles. The molecule has 1 heterocycles. The summed E-state index contributed by atoms with van der Waals surface area (Å²) in [4.78, 5) is 2.26. The first-order chi connectivity index (χ1) is 13.2. The van der Waals surface area contributed by atoms with Crippen LogP contribution in [0.1, 0.15) is 51.5 Å². The number of hydrogen-bond acceptors (Lipinski definition) is 6. The molecule has 0 radical (unpaired) electrons. The van der Waals surface area contributed by atoms with Gasteiger partial charge in [-0.15, -0.1) is 0 Å². The van der Waals surface area contributed by atoms with Crippen molar-refractivity contribution in [3.63, 3.8) is 0 Å². The van der Waals surface area contributed by atoms with Crippen LogP contribution in [0.2, 0.25) is 0 Å². The van der Waals surface area contributed by atoms with Gasteiger partial charge in [-0.2, -0.15) is 0 Å². The second kappa shape index (κ2) is 7.04. The van der Waals surface area contributed by atoms with Gasteiger partial charge in [-0.3, -0.25) is 4.90 Å². The average molecular weight is 392 g/mol. The lowest BCUT2D eigenvalue weighted by molar-refractivity contribution is -0.197. The molecule has 0 spiro atoms. The zero-order valence-corrected chi connectivity index (χ0v) is 16.8. The third-order valence-corrected chi connectivity index (χ3v) is 7.42. The number of benzene rings is 1. The molecule has 1 aromatic rings. The normalized spacial score (nSPS) is 38.4. The fraction of sp³-hybridized carbons (Fsp3) is 0.727. The van der Waals surface area contributed by atoms with Crippen LogP contribution in [0.4, 0.5) is 0 Å². The van der Waals surface area contributed by atoms with E-state index in [2.05, 4.69) is 17.0 Å². The molecular weight excluding hydrogens is 358 g/mol. The van der Waals surface area contributed by atoms with Crippen LogP contribution in [0.3, 0.4) is 0 Å². The summed E-state index contributed by atoms with van der Waals surface area (Å²) in [6, 6.07) is 10.5. The van der Waals surface area contributed by atoms with Crippen LogP contribution < -0.4 is 0 Å². The summed E-state index contributed by atoms with van der Waals surface area (Å²) < 4.78 is 5.63. The lowest BCUT2D eigenvalue weighted by atomic mass is 9.92. The van der Waals surface area contributed by atoms with Crippen LogP contribution in [0.5, 0.6) is 0 Å². The van der Waals surface area contributed by atoms with E-state index in [-0.39, 0.29) is 0 Å². The Morgan fingerprint density at radius 3 is 2.32 bits per heavy atom. The standard InChI is InChI=1S/C22H33NO5/c1-20(2)21(26)19(25)18(28-22(20,21)27)17(24)14-23(16-11-7-4-8-12-16)13-15-9-5-3-6-10-15/h3,5-6,9-10,16-19,24-27H,4,7-8,11-14H2,1-2H3/t17-,18-,19+,21+,22+/m1/s1. The fourth-order valence-corrected chi connectivity index (χ4v) is 5.37. The van der Waals surface area contributed by atoms with E-state index in [1.807, 2.05) is 18.2 Å². The zero-order chi connectivity index (χ0) is 20.2. The first-order valence-corrected chi connectivity index (χ1v) is 10.5. The van der Waals surface area contributed by atoms with Crippen LogP contribution in [-0.4, -0.2) is 67.6 Å². The molecule has 3 fully saturated rings. The summed E-state index contributed by atoms with van der Waals surface area (Å²) >= 11 is 0. The van der Waals surface area contributed by atoms with Gasteiger partial charge in [-0.25, -0.2) is 0 Å². The van der Waals surface area contributed by atoms with Crippen molar-refractivity contribution < 1.29 is 25.2 Å². The van der Waals surface area contributed by atoms with E-state index in [0.29, 0.717) is 19.1 Å². The molecule has 156 valence electrons. The minimum atomic E-state index is -1.81. The second-order valence-corrected chi connectivity index (χ2v) is 9.34. The van der Waals surface area contributed by atoms with Gasteiger partial charge in [0.1, 0.15) is 12.2 Å². The van der Waals surface area contributed by atoms with E-state index >= 15 is 0 Å². The van der Waals surface area contributed by atoms with Crippen molar-refractivity contribution in [3.8, 4) is 0 Å². The third-order valence-electron chi connectivity index (χ3n) is 7.42. The van der Waals surface area contributed by atoms with Crippen molar-refractivity contribution in [1.29, 1.82) is 0 Å². The summed E-state index contributed by atoms with van der Waals surface area (Å²) in [6.07, 6.45) is 2.46. The van der Waals surface area contributed by atoms with Crippen molar-refractivity contribution in [2.75, 3.05) is 6.54 Å². The van der Waals surface area contributed by atoms with Gasteiger partial charge in [0.05, 0.1) is 11.5 Å². The molecule has 4 rings (SSSR count). The molecule has 0 amide bonds. The Balaban J connectivity index is 1.47. The van der Waals surface area contributed by atoms with Gasteiger partial charge in [0.25, 0.3) is 0 Å². The molecule has 3 aliphatic rings. The Morgan fingerprint density at radius 2 is 1.75 bits per heavy atom. The Labute approximate surface area is 166 Å². The molecular formula is C22H33NO5. The van der Waals surface area contributed by atoms with Crippen LogP contribution in [0, 0.1) is 5.41 Å². The molecule has 4 N–H and O–H groups in total. The van der Waals surface area contributed by atoms with Gasteiger partial charge in [-0.05, 0) is 18.4 Å². The van der Waals surface area contributed by atoms with Crippen LogP contribution in [0.15, 0.2) is 30.3 Å². The van der Waals surface area contributed by atoms with Crippen molar-refractivity contribution in [1.82, 2.24) is 4.90 Å². The lowest BCUT2D eigenvalue weighted by Crippen LogP contribution is -2.51. The Kier molecular flexibility index (Phi) is 5.10. The maximum Gasteiger partial charge on any atom is 0.207 e. The highest BCUT2D eigenvalue weighted by molar-refractivity contribution is 5.35. The summed E-state index contributed by atoms with van der Waals surface area (Å²) in [5.41, 5.74) is -1.52. The first kappa shape index (κ1) is 20.3. The first-order valence-electron chi connectivity index (χ1n) is 10.5. The highest BCUT2D eigenvalue weighted by Crippen LogP contribution is 2.71. The largest absolute Gasteiger partial charge is 0.389 e. The van der Waals surface area contributed by atoms with Gasteiger partial charge in [-0.1, -0.05) is 63.4 Å². The zero-order valence-electron chi connectivity index (χ0n) is 16.8. The van der Waals surface area contributed by atoms with Crippen molar-refractivity contribution in [2.45, 2.75) is 88.2 Å². The average Bonchev–Trinajstić information content (AvgIpc) is 2.90. The van der Waals surface area contributed by atoms with Crippen LogP contribution >= 0.6 is 0 Å². The van der Waals surface area contributed by atoms with E-state index in [1.165, 1.54) is 24.8 Å². The molecule has 6 heteroatoms. The van der Waals surface area contributed by atoms with E-state index in [9.17, 15) is 20.4 Å². The molecule has 0 bridgehead atoms. The Morgan fingerprint density at radius 1 is 1.11 bits per heavy atom. The second-order valence-electron chi connectivity index (χ2n) is 9.34. The van der Waals surface area contributed by atoms with Crippen molar-refractivity contribution in [2.24, 2.45) is 5.41 Å². The topological polar surface area (TPSA) is 93.4 Å². The number of fused-ring (bicyclic) bond motifs is 1.